The predicted molar refractivity (Wildman–Crippen MR) is 64.7 cm³/mol. The molecular weight excluding hydrogens is 335 g/mol. The highest BCUT2D eigenvalue weighted by Crippen LogP contribution is 2.21. The number of aryl methyl sites for hydroxylation is 1. The van der Waals surface area contributed by atoms with E-state index in [1.54, 1.807) is 6.92 Å². The van der Waals surface area contributed by atoms with Crippen LogP contribution in [0.3, 0.4) is 0 Å². The number of hydrogen-bond acceptors (Lipinski definition) is 2. The van der Waals surface area contributed by atoms with E-state index in [4.69, 9.17) is 0 Å². The molecule has 0 saturated carbocycles. The topological polar surface area (TPSA) is 46.2 Å². The van der Waals surface area contributed by atoms with E-state index in [-0.39, 0.29) is 4.90 Å². The van der Waals surface area contributed by atoms with Gasteiger partial charge in [0.25, 0.3) is 0 Å². The zero-order valence-corrected chi connectivity index (χ0v) is 11.8. The van der Waals surface area contributed by atoms with Gasteiger partial charge in [-0.15, -0.1) is 0 Å². The van der Waals surface area contributed by atoms with E-state index in [9.17, 15) is 21.6 Å². The van der Waals surface area contributed by atoms with Crippen LogP contribution in [0.5, 0.6) is 0 Å². The normalized spacial score (nSPS) is 12.7. The molecular formula is C10H11BrF3NO2S. The number of hydrogen-bond donors (Lipinski definition) is 1. The van der Waals surface area contributed by atoms with Gasteiger partial charge < -0.3 is 0 Å². The van der Waals surface area contributed by atoms with Gasteiger partial charge in [0, 0.05) is 11.0 Å². The van der Waals surface area contributed by atoms with Gasteiger partial charge in [-0.2, -0.15) is 13.2 Å². The number of nitrogens with one attached hydrogen (secondary N) is 1. The third kappa shape index (κ3) is 4.58. The van der Waals surface area contributed by atoms with Gasteiger partial charge in [0.2, 0.25) is 10.0 Å². The zero-order chi connectivity index (χ0) is 14.0. The Hall–Kier alpha value is -0.600. The van der Waals surface area contributed by atoms with Gasteiger partial charge >= 0.3 is 6.18 Å². The minimum absolute atomic E-state index is 0.0506. The lowest BCUT2D eigenvalue weighted by Crippen LogP contribution is -2.28. The van der Waals surface area contributed by atoms with Crippen LogP contribution in [0.1, 0.15) is 12.0 Å². The van der Waals surface area contributed by atoms with E-state index in [0.717, 1.165) is 4.47 Å². The van der Waals surface area contributed by atoms with Crippen molar-refractivity contribution in [2.45, 2.75) is 24.4 Å². The molecule has 0 amide bonds. The van der Waals surface area contributed by atoms with Crippen molar-refractivity contribution in [3.05, 3.63) is 28.2 Å². The van der Waals surface area contributed by atoms with Gasteiger partial charge in [0.1, 0.15) is 0 Å². The van der Waals surface area contributed by atoms with E-state index >= 15 is 0 Å². The van der Waals surface area contributed by atoms with Crippen molar-refractivity contribution in [1.29, 1.82) is 0 Å². The number of benzene rings is 1. The Morgan fingerprint density at radius 2 is 1.94 bits per heavy atom. The maximum absolute atomic E-state index is 11.9. The number of alkyl halides is 3. The van der Waals surface area contributed by atoms with Gasteiger partial charge in [0.05, 0.1) is 11.3 Å². The molecule has 0 aliphatic carbocycles. The smallest absolute Gasteiger partial charge is 0.211 e. The maximum atomic E-state index is 11.9. The third-order valence-corrected chi connectivity index (χ3v) is 4.49. The molecule has 3 nitrogen and oxygen atoms in total. The van der Waals surface area contributed by atoms with E-state index < -0.39 is 29.2 Å². The van der Waals surface area contributed by atoms with Gasteiger partial charge in [-0.25, -0.2) is 13.1 Å². The molecule has 8 heteroatoms. The van der Waals surface area contributed by atoms with Gasteiger partial charge in [-0.1, -0.05) is 15.9 Å². The van der Waals surface area contributed by atoms with Crippen LogP contribution in [0.2, 0.25) is 0 Å². The largest absolute Gasteiger partial charge is 0.390 e. The summed E-state index contributed by atoms with van der Waals surface area (Å²) in [6.07, 6.45) is -5.57. The second kappa shape index (κ2) is 5.58. The summed E-state index contributed by atoms with van der Waals surface area (Å²) in [5, 5.41) is 0. The van der Waals surface area contributed by atoms with Crippen LogP contribution in [0, 0.1) is 6.92 Å². The molecule has 0 bridgehead atoms. The molecule has 1 N–H and O–H groups in total. The maximum Gasteiger partial charge on any atom is 0.390 e. The van der Waals surface area contributed by atoms with Crippen molar-refractivity contribution in [1.82, 2.24) is 4.72 Å². The Morgan fingerprint density at radius 3 is 2.44 bits per heavy atom. The molecule has 1 rings (SSSR count). The molecule has 0 aromatic heterocycles. The summed E-state index contributed by atoms with van der Waals surface area (Å²) >= 11 is 3.21. The zero-order valence-electron chi connectivity index (χ0n) is 9.38. The first-order valence-corrected chi connectivity index (χ1v) is 7.22. The second-order valence-electron chi connectivity index (χ2n) is 3.67. The van der Waals surface area contributed by atoms with Crippen molar-refractivity contribution in [2.75, 3.05) is 6.54 Å². The summed E-state index contributed by atoms with van der Waals surface area (Å²) in [4.78, 5) is -0.0506. The molecule has 0 aliphatic rings. The van der Waals surface area contributed by atoms with Crippen LogP contribution in [0.25, 0.3) is 0 Å². The fourth-order valence-corrected chi connectivity index (χ4v) is 2.56. The fraction of sp³-hybridized carbons (Fsp3) is 0.400. The van der Waals surface area contributed by atoms with Gasteiger partial charge in [0.15, 0.2) is 0 Å². The van der Waals surface area contributed by atoms with Gasteiger partial charge in [-0.05, 0) is 30.7 Å². The fourth-order valence-electron chi connectivity index (χ4n) is 1.19. The standard InChI is InChI=1S/C10H11BrF3NO2S/c1-7-6-8(2-3-9(7)11)18(16,17)15-5-4-10(12,13)14/h2-3,6,15H,4-5H2,1H3. The van der Waals surface area contributed by atoms with Crippen LogP contribution in [-0.4, -0.2) is 21.1 Å². The minimum Gasteiger partial charge on any atom is -0.211 e. The highest BCUT2D eigenvalue weighted by molar-refractivity contribution is 9.10. The van der Waals surface area contributed by atoms with Crippen molar-refractivity contribution < 1.29 is 21.6 Å². The monoisotopic (exact) mass is 345 g/mol. The lowest BCUT2D eigenvalue weighted by Gasteiger charge is -2.09. The van der Waals surface area contributed by atoms with Crippen molar-refractivity contribution in [3.63, 3.8) is 0 Å². The van der Waals surface area contributed by atoms with Crippen LogP contribution in [-0.2, 0) is 10.0 Å². The first-order chi connectivity index (χ1) is 8.12. The Bertz CT molecular complexity index is 528. The first-order valence-electron chi connectivity index (χ1n) is 4.94. The van der Waals surface area contributed by atoms with Crippen LogP contribution >= 0.6 is 15.9 Å². The molecule has 0 atom stereocenters. The minimum atomic E-state index is -4.38. The van der Waals surface area contributed by atoms with Crippen LogP contribution in [0.4, 0.5) is 13.2 Å². The molecule has 0 aliphatic heterocycles. The SMILES string of the molecule is Cc1cc(S(=O)(=O)NCCC(F)(F)F)ccc1Br. The molecule has 0 spiro atoms. The van der Waals surface area contributed by atoms with E-state index in [1.807, 2.05) is 4.72 Å². The lowest BCUT2D eigenvalue weighted by atomic mass is 10.2. The first kappa shape index (κ1) is 15.5. The number of halogens is 4. The molecule has 0 fully saturated rings. The summed E-state index contributed by atoms with van der Waals surface area (Å²) < 4.78 is 61.8. The van der Waals surface area contributed by atoms with Crippen LogP contribution < -0.4 is 4.72 Å². The average Bonchev–Trinajstić information content (AvgIpc) is 2.19. The summed E-state index contributed by atoms with van der Waals surface area (Å²) in [5.41, 5.74) is 0.689. The van der Waals surface area contributed by atoms with E-state index in [0.29, 0.717) is 5.56 Å². The van der Waals surface area contributed by atoms with Crippen molar-refractivity contribution in [3.8, 4) is 0 Å². The Labute approximate surface area is 112 Å². The molecule has 18 heavy (non-hydrogen) atoms. The Kier molecular flexibility index (Phi) is 4.79. The summed E-state index contributed by atoms with van der Waals surface area (Å²) in [5.74, 6) is 0. The van der Waals surface area contributed by atoms with Crippen molar-refractivity contribution >= 4 is 26.0 Å². The van der Waals surface area contributed by atoms with Crippen LogP contribution in [0.15, 0.2) is 27.6 Å². The summed E-state index contributed by atoms with van der Waals surface area (Å²) in [7, 11) is -3.89. The second-order valence-corrected chi connectivity index (χ2v) is 6.30. The molecule has 0 saturated heterocycles. The molecule has 1 aromatic carbocycles. The lowest BCUT2D eigenvalue weighted by molar-refractivity contribution is -0.132. The van der Waals surface area contributed by atoms with E-state index in [1.165, 1.54) is 18.2 Å². The highest BCUT2D eigenvalue weighted by atomic mass is 79.9. The summed E-state index contributed by atoms with van der Waals surface area (Å²) in [6, 6.07) is 4.25. The van der Waals surface area contributed by atoms with Crippen molar-refractivity contribution in [2.24, 2.45) is 0 Å². The Balaban J connectivity index is 2.77. The number of rotatable bonds is 4. The average molecular weight is 346 g/mol. The predicted octanol–water partition coefficient (Wildman–Crippen LogP) is 2.99. The molecule has 102 valence electrons. The quantitative estimate of drug-likeness (QED) is 0.911. The number of sulfonamides is 1. The molecule has 0 radical (unpaired) electrons. The summed E-state index contributed by atoms with van der Waals surface area (Å²) in [6.45, 7) is 1.03. The molecule has 0 unspecified atom stereocenters. The highest BCUT2D eigenvalue weighted by Gasteiger charge is 2.27. The Morgan fingerprint density at radius 1 is 1.33 bits per heavy atom. The third-order valence-electron chi connectivity index (χ3n) is 2.14. The molecule has 1 aromatic rings. The van der Waals surface area contributed by atoms with Gasteiger partial charge in [-0.3, -0.25) is 0 Å². The molecule has 0 heterocycles. The van der Waals surface area contributed by atoms with E-state index in [2.05, 4.69) is 15.9 Å².